The van der Waals surface area contributed by atoms with E-state index in [-0.39, 0.29) is 18.0 Å². The van der Waals surface area contributed by atoms with Crippen LogP contribution >= 0.6 is 12.2 Å². The van der Waals surface area contributed by atoms with E-state index in [2.05, 4.69) is 15.5 Å². The topological polar surface area (TPSA) is 62.7 Å². The highest BCUT2D eigenvalue weighted by Crippen LogP contribution is 2.18. The minimum Gasteiger partial charge on any atom is -0.348 e. The molecule has 1 aromatic carbocycles. The number of aromatic nitrogens is 3. The highest BCUT2D eigenvalue weighted by atomic mass is 32.1. The van der Waals surface area contributed by atoms with Crippen molar-refractivity contribution in [3.63, 3.8) is 0 Å². The number of H-pyrrole nitrogens is 1. The summed E-state index contributed by atoms with van der Waals surface area (Å²) < 4.78 is 29.0. The fourth-order valence-corrected chi connectivity index (χ4v) is 2.51. The first-order valence-corrected chi connectivity index (χ1v) is 7.72. The van der Waals surface area contributed by atoms with Crippen molar-refractivity contribution in [2.75, 3.05) is 0 Å². The maximum atomic E-state index is 13.7. The summed E-state index contributed by atoms with van der Waals surface area (Å²) in [7, 11) is 0. The maximum Gasteiger partial charge on any atom is 0.240 e. The Bertz CT molecular complexity index is 756. The van der Waals surface area contributed by atoms with E-state index in [0.29, 0.717) is 17.0 Å². The number of aromatic amines is 1. The molecule has 1 aromatic heterocycles. The molecule has 2 rings (SSSR count). The molecule has 0 saturated heterocycles. The van der Waals surface area contributed by atoms with Gasteiger partial charge in [-0.1, -0.05) is 19.1 Å². The van der Waals surface area contributed by atoms with Crippen LogP contribution in [-0.2, 0) is 17.8 Å². The number of halogens is 2. The van der Waals surface area contributed by atoms with Gasteiger partial charge in [0.1, 0.15) is 12.4 Å². The fraction of sp³-hybridized carbons (Fsp3) is 0.400. The van der Waals surface area contributed by atoms with Gasteiger partial charge in [0.05, 0.1) is 6.04 Å². The zero-order chi connectivity index (χ0) is 17.0. The predicted molar refractivity (Wildman–Crippen MR) is 84.3 cm³/mol. The lowest BCUT2D eigenvalue weighted by molar-refractivity contribution is -0.122. The van der Waals surface area contributed by atoms with Gasteiger partial charge in [0, 0.05) is 12.0 Å². The molecule has 0 aliphatic rings. The number of hydrogen-bond donors (Lipinski definition) is 2. The highest BCUT2D eigenvalue weighted by molar-refractivity contribution is 7.71. The van der Waals surface area contributed by atoms with E-state index in [1.54, 1.807) is 11.5 Å². The highest BCUT2D eigenvalue weighted by Gasteiger charge is 2.17. The van der Waals surface area contributed by atoms with Crippen LogP contribution in [0.4, 0.5) is 8.78 Å². The molecule has 5 nitrogen and oxygen atoms in total. The van der Waals surface area contributed by atoms with Gasteiger partial charge in [-0.25, -0.2) is 8.78 Å². The quantitative estimate of drug-likeness (QED) is 0.795. The van der Waals surface area contributed by atoms with Crippen molar-refractivity contribution in [2.24, 2.45) is 0 Å². The van der Waals surface area contributed by atoms with Crippen molar-refractivity contribution < 1.29 is 13.6 Å². The smallest absolute Gasteiger partial charge is 0.240 e. The Balaban J connectivity index is 2.09. The third-order valence-corrected chi connectivity index (χ3v) is 3.75. The van der Waals surface area contributed by atoms with Crippen LogP contribution in [0.3, 0.4) is 0 Å². The monoisotopic (exact) mass is 340 g/mol. The standard InChI is InChI=1S/C15H18F2N4OS/c1-3-5-12-19-20-15(23)21(12)8-13(22)18-9(2)10-6-4-7-11(16)14(10)17/h4,6-7,9H,3,5,8H2,1-2H3,(H,18,22)(H,20,23)/t9-/m1/s1. The van der Waals surface area contributed by atoms with Crippen LogP contribution in [0.5, 0.6) is 0 Å². The number of hydrogen-bond acceptors (Lipinski definition) is 3. The molecule has 0 bridgehead atoms. The van der Waals surface area contributed by atoms with Crippen LogP contribution in [0.25, 0.3) is 0 Å². The van der Waals surface area contributed by atoms with Gasteiger partial charge < -0.3 is 5.32 Å². The van der Waals surface area contributed by atoms with Crippen LogP contribution in [0.2, 0.25) is 0 Å². The third-order valence-electron chi connectivity index (χ3n) is 3.44. The molecule has 8 heteroatoms. The predicted octanol–water partition coefficient (Wildman–Crippen LogP) is 3.05. The van der Waals surface area contributed by atoms with Crippen molar-refractivity contribution in [3.05, 3.63) is 46.0 Å². The van der Waals surface area contributed by atoms with Gasteiger partial charge in [-0.2, -0.15) is 5.10 Å². The lowest BCUT2D eigenvalue weighted by Gasteiger charge is -2.16. The lowest BCUT2D eigenvalue weighted by Crippen LogP contribution is -2.31. The lowest BCUT2D eigenvalue weighted by atomic mass is 10.1. The van der Waals surface area contributed by atoms with Crippen LogP contribution in [0.15, 0.2) is 18.2 Å². The molecule has 0 saturated carbocycles. The second-order valence-corrected chi connectivity index (χ2v) is 5.60. The van der Waals surface area contributed by atoms with Crippen molar-refractivity contribution in [3.8, 4) is 0 Å². The van der Waals surface area contributed by atoms with E-state index in [1.807, 2.05) is 6.92 Å². The first-order chi connectivity index (χ1) is 10.9. The van der Waals surface area contributed by atoms with Gasteiger partial charge in [-0.3, -0.25) is 14.5 Å². The number of carbonyl (C=O) groups is 1. The summed E-state index contributed by atoms with van der Waals surface area (Å²) in [6.07, 6.45) is 1.56. The van der Waals surface area contributed by atoms with Gasteiger partial charge in [0.15, 0.2) is 16.4 Å². The Morgan fingerprint density at radius 1 is 1.48 bits per heavy atom. The number of benzene rings is 1. The van der Waals surface area contributed by atoms with Crippen LogP contribution < -0.4 is 5.32 Å². The van der Waals surface area contributed by atoms with E-state index < -0.39 is 17.7 Å². The van der Waals surface area contributed by atoms with Gasteiger partial charge in [0.2, 0.25) is 5.91 Å². The molecule has 23 heavy (non-hydrogen) atoms. The van der Waals surface area contributed by atoms with E-state index in [9.17, 15) is 13.6 Å². The summed E-state index contributed by atoms with van der Waals surface area (Å²) >= 11 is 5.11. The number of carbonyl (C=O) groups excluding carboxylic acids is 1. The normalized spacial score (nSPS) is 12.2. The van der Waals surface area contributed by atoms with Crippen LogP contribution in [-0.4, -0.2) is 20.7 Å². The Morgan fingerprint density at radius 2 is 2.22 bits per heavy atom. The van der Waals surface area contributed by atoms with Gasteiger partial charge in [-0.15, -0.1) is 0 Å². The molecule has 1 atom stereocenters. The molecule has 1 heterocycles. The average molecular weight is 340 g/mol. The van der Waals surface area contributed by atoms with Crippen molar-refractivity contribution in [1.82, 2.24) is 20.1 Å². The van der Waals surface area contributed by atoms with Gasteiger partial charge in [0.25, 0.3) is 0 Å². The number of rotatable bonds is 6. The van der Waals surface area contributed by atoms with Crippen molar-refractivity contribution >= 4 is 18.1 Å². The van der Waals surface area contributed by atoms with Crippen LogP contribution in [0.1, 0.15) is 37.7 Å². The Morgan fingerprint density at radius 3 is 2.91 bits per heavy atom. The zero-order valence-corrected chi connectivity index (χ0v) is 13.7. The molecule has 0 radical (unpaired) electrons. The number of amides is 1. The van der Waals surface area contributed by atoms with E-state index in [1.165, 1.54) is 12.1 Å². The summed E-state index contributed by atoms with van der Waals surface area (Å²) in [5, 5.41) is 9.38. The Labute approximate surface area is 137 Å². The third kappa shape index (κ3) is 4.01. The summed E-state index contributed by atoms with van der Waals surface area (Å²) in [6.45, 7) is 3.57. The first-order valence-electron chi connectivity index (χ1n) is 7.31. The molecule has 0 fully saturated rings. The SMILES string of the molecule is CCCc1n[nH]c(=S)n1CC(=O)N[C@H](C)c1cccc(F)c1F. The summed E-state index contributed by atoms with van der Waals surface area (Å²) in [4.78, 5) is 12.2. The zero-order valence-electron chi connectivity index (χ0n) is 12.9. The summed E-state index contributed by atoms with van der Waals surface area (Å²) in [5.41, 5.74) is 0.0999. The van der Waals surface area contributed by atoms with Gasteiger partial charge in [-0.05, 0) is 31.6 Å². The van der Waals surface area contributed by atoms with E-state index in [0.717, 1.165) is 12.5 Å². The average Bonchev–Trinajstić information content (AvgIpc) is 2.83. The van der Waals surface area contributed by atoms with Crippen molar-refractivity contribution in [1.29, 1.82) is 0 Å². The second kappa shape index (κ2) is 7.45. The largest absolute Gasteiger partial charge is 0.348 e. The summed E-state index contributed by atoms with van der Waals surface area (Å²) in [5.74, 6) is -1.55. The minimum absolute atomic E-state index is 0.0219. The van der Waals surface area contributed by atoms with Gasteiger partial charge >= 0.3 is 0 Å². The number of aryl methyl sites for hydroxylation is 1. The molecule has 124 valence electrons. The molecular weight excluding hydrogens is 322 g/mol. The molecule has 0 spiro atoms. The Kier molecular flexibility index (Phi) is 5.59. The second-order valence-electron chi connectivity index (χ2n) is 5.21. The van der Waals surface area contributed by atoms with Crippen LogP contribution in [0, 0.1) is 16.4 Å². The minimum atomic E-state index is -0.952. The molecule has 0 aliphatic heterocycles. The number of nitrogens with one attached hydrogen (secondary N) is 2. The maximum absolute atomic E-state index is 13.7. The number of nitrogens with zero attached hydrogens (tertiary/aromatic N) is 2. The van der Waals surface area contributed by atoms with E-state index >= 15 is 0 Å². The molecule has 0 aliphatic carbocycles. The summed E-state index contributed by atoms with van der Waals surface area (Å²) in [6, 6.07) is 3.22. The van der Waals surface area contributed by atoms with Crippen molar-refractivity contribution in [2.45, 2.75) is 39.3 Å². The first kappa shape index (κ1) is 17.3. The molecule has 2 aromatic rings. The fourth-order valence-electron chi connectivity index (χ4n) is 2.29. The molecular formula is C15H18F2N4OS. The van der Waals surface area contributed by atoms with E-state index in [4.69, 9.17) is 12.2 Å². The Hall–Kier alpha value is -2.09. The molecule has 0 unspecified atom stereocenters. The molecule has 2 N–H and O–H groups in total. The molecule has 1 amide bonds.